The van der Waals surface area contributed by atoms with Crippen LogP contribution in [0, 0.1) is 17.8 Å². The Morgan fingerprint density at radius 1 is 0.938 bits per heavy atom. The zero-order chi connectivity index (χ0) is 12.0. The van der Waals surface area contributed by atoms with Crippen molar-refractivity contribution in [2.45, 2.75) is 34.1 Å². The molecular formula is C15H25N. The maximum absolute atomic E-state index is 3.50. The van der Waals surface area contributed by atoms with Crippen molar-refractivity contribution < 1.29 is 0 Å². The number of hydrogen-bond acceptors (Lipinski definition) is 1. The molecule has 0 fully saturated rings. The third-order valence-electron chi connectivity index (χ3n) is 3.22. The molecule has 0 aliphatic heterocycles. The summed E-state index contributed by atoms with van der Waals surface area (Å²) in [6.07, 6.45) is 1.32. The number of hydrogen-bond donors (Lipinski definition) is 1. The molecule has 1 heteroatoms. The van der Waals surface area contributed by atoms with Gasteiger partial charge in [0.15, 0.2) is 0 Å². The molecule has 1 rings (SSSR count). The largest absolute Gasteiger partial charge is 0.385 e. The van der Waals surface area contributed by atoms with Gasteiger partial charge in [0.2, 0.25) is 0 Å². The van der Waals surface area contributed by atoms with Gasteiger partial charge in [0.05, 0.1) is 0 Å². The molecule has 0 bridgehead atoms. The van der Waals surface area contributed by atoms with Gasteiger partial charge in [-0.1, -0.05) is 45.9 Å². The molecule has 0 saturated heterocycles. The molecule has 0 aliphatic carbocycles. The fourth-order valence-corrected chi connectivity index (χ4v) is 2.01. The molecule has 0 spiro atoms. The molecule has 1 nitrogen and oxygen atoms in total. The lowest BCUT2D eigenvalue weighted by atomic mass is 9.88. The van der Waals surface area contributed by atoms with E-state index in [1.54, 1.807) is 0 Å². The average molecular weight is 219 g/mol. The van der Waals surface area contributed by atoms with Crippen LogP contribution in [0.25, 0.3) is 0 Å². The van der Waals surface area contributed by atoms with Crippen LogP contribution in [0.3, 0.4) is 0 Å². The Hall–Kier alpha value is -0.980. The lowest BCUT2D eigenvalue weighted by molar-refractivity contribution is 0.335. The van der Waals surface area contributed by atoms with Gasteiger partial charge < -0.3 is 5.32 Å². The summed E-state index contributed by atoms with van der Waals surface area (Å²) in [6.45, 7) is 10.4. The molecule has 0 radical (unpaired) electrons. The van der Waals surface area contributed by atoms with Crippen LogP contribution in [0.15, 0.2) is 30.3 Å². The lowest BCUT2D eigenvalue weighted by Crippen LogP contribution is -2.19. The highest BCUT2D eigenvalue weighted by molar-refractivity contribution is 5.42. The van der Waals surface area contributed by atoms with Crippen molar-refractivity contribution in [3.63, 3.8) is 0 Å². The maximum atomic E-state index is 3.50. The summed E-state index contributed by atoms with van der Waals surface area (Å²) < 4.78 is 0. The van der Waals surface area contributed by atoms with Crippen LogP contribution >= 0.6 is 0 Å². The van der Waals surface area contributed by atoms with Crippen LogP contribution in [0.4, 0.5) is 5.69 Å². The van der Waals surface area contributed by atoms with Gasteiger partial charge in [0.1, 0.15) is 0 Å². The molecule has 0 heterocycles. The monoisotopic (exact) mass is 219 g/mol. The van der Waals surface area contributed by atoms with Crippen LogP contribution in [0.2, 0.25) is 0 Å². The first-order valence-corrected chi connectivity index (χ1v) is 6.38. The average Bonchev–Trinajstić information content (AvgIpc) is 2.26. The number of rotatable bonds is 6. The fraction of sp³-hybridized carbons (Fsp3) is 0.600. The van der Waals surface area contributed by atoms with Gasteiger partial charge in [-0.3, -0.25) is 0 Å². The van der Waals surface area contributed by atoms with Crippen molar-refractivity contribution in [3.05, 3.63) is 30.3 Å². The van der Waals surface area contributed by atoms with Crippen LogP contribution in [-0.4, -0.2) is 6.54 Å². The van der Waals surface area contributed by atoms with E-state index in [1.165, 1.54) is 12.1 Å². The fourth-order valence-electron chi connectivity index (χ4n) is 2.01. The molecule has 1 aromatic rings. The Morgan fingerprint density at radius 3 is 2.12 bits per heavy atom. The topological polar surface area (TPSA) is 12.0 Å². The first kappa shape index (κ1) is 13.1. The van der Waals surface area contributed by atoms with E-state index in [-0.39, 0.29) is 0 Å². The van der Waals surface area contributed by atoms with E-state index in [2.05, 4.69) is 63.3 Å². The van der Waals surface area contributed by atoms with Crippen LogP contribution < -0.4 is 5.32 Å². The van der Waals surface area contributed by atoms with Crippen molar-refractivity contribution in [1.82, 2.24) is 0 Å². The predicted molar refractivity (Wildman–Crippen MR) is 72.7 cm³/mol. The summed E-state index contributed by atoms with van der Waals surface area (Å²) >= 11 is 0. The van der Waals surface area contributed by atoms with Crippen molar-refractivity contribution in [2.24, 2.45) is 17.8 Å². The molecule has 1 N–H and O–H groups in total. The summed E-state index contributed by atoms with van der Waals surface area (Å²) in [5.41, 5.74) is 1.23. The second kappa shape index (κ2) is 6.57. The molecule has 1 aromatic carbocycles. The molecule has 90 valence electrons. The third-order valence-corrected chi connectivity index (χ3v) is 3.22. The van der Waals surface area contributed by atoms with E-state index >= 15 is 0 Å². The van der Waals surface area contributed by atoms with Crippen molar-refractivity contribution in [1.29, 1.82) is 0 Å². The third kappa shape index (κ3) is 4.69. The second-order valence-corrected chi connectivity index (χ2v) is 5.33. The van der Waals surface area contributed by atoms with Crippen molar-refractivity contribution in [3.8, 4) is 0 Å². The highest BCUT2D eigenvalue weighted by atomic mass is 14.9. The Bertz CT molecular complexity index is 279. The molecule has 16 heavy (non-hydrogen) atoms. The smallest absolute Gasteiger partial charge is 0.0340 e. The Labute approximate surface area is 100 Å². The Kier molecular flexibility index (Phi) is 5.37. The number of benzene rings is 1. The minimum atomic E-state index is 0.725. The lowest BCUT2D eigenvalue weighted by Gasteiger charge is -2.22. The van der Waals surface area contributed by atoms with Crippen LogP contribution in [0.5, 0.6) is 0 Å². The summed E-state index contributed by atoms with van der Waals surface area (Å²) in [5, 5.41) is 3.50. The summed E-state index contributed by atoms with van der Waals surface area (Å²) in [7, 11) is 0. The minimum Gasteiger partial charge on any atom is -0.385 e. The number of nitrogens with one attached hydrogen (secondary N) is 1. The Balaban J connectivity index is 2.32. The van der Waals surface area contributed by atoms with E-state index in [0.29, 0.717) is 0 Å². The molecule has 0 saturated carbocycles. The van der Waals surface area contributed by atoms with Crippen LogP contribution in [-0.2, 0) is 0 Å². The number of para-hydroxylation sites is 1. The zero-order valence-corrected chi connectivity index (χ0v) is 11.0. The van der Waals surface area contributed by atoms with E-state index < -0.39 is 0 Å². The van der Waals surface area contributed by atoms with Crippen molar-refractivity contribution >= 4 is 5.69 Å². The highest BCUT2D eigenvalue weighted by Crippen LogP contribution is 2.20. The van der Waals surface area contributed by atoms with Gasteiger partial charge in [-0.15, -0.1) is 0 Å². The van der Waals surface area contributed by atoms with Gasteiger partial charge in [-0.25, -0.2) is 0 Å². The standard InChI is InChI=1S/C15H25N/c1-12(2)10-13(3)14(4)11-16-15-8-6-5-7-9-15/h5-9,12-14,16H,10-11H2,1-4H3. The first-order valence-electron chi connectivity index (χ1n) is 6.38. The van der Waals surface area contributed by atoms with Gasteiger partial charge in [0.25, 0.3) is 0 Å². The minimum absolute atomic E-state index is 0.725. The predicted octanol–water partition coefficient (Wildman–Crippen LogP) is 4.42. The molecular weight excluding hydrogens is 194 g/mol. The molecule has 2 atom stereocenters. The van der Waals surface area contributed by atoms with Gasteiger partial charge in [-0.05, 0) is 36.3 Å². The SMILES string of the molecule is CC(C)CC(C)C(C)CNc1ccccc1. The summed E-state index contributed by atoms with van der Waals surface area (Å²) in [4.78, 5) is 0. The van der Waals surface area contributed by atoms with Gasteiger partial charge in [-0.2, -0.15) is 0 Å². The van der Waals surface area contributed by atoms with Crippen LogP contribution in [0.1, 0.15) is 34.1 Å². The van der Waals surface area contributed by atoms with Gasteiger partial charge in [0, 0.05) is 12.2 Å². The molecule has 0 aliphatic rings. The quantitative estimate of drug-likeness (QED) is 0.747. The summed E-state index contributed by atoms with van der Waals surface area (Å²) in [5.74, 6) is 2.31. The zero-order valence-electron chi connectivity index (χ0n) is 11.0. The maximum Gasteiger partial charge on any atom is 0.0340 e. The molecule has 2 unspecified atom stereocenters. The molecule has 0 aromatic heterocycles. The first-order chi connectivity index (χ1) is 7.59. The van der Waals surface area contributed by atoms with E-state index in [1.807, 2.05) is 0 Å². The molecule has 0 amide bonds. The van der Waals surface area contributed by atoms with Gasteiger partial charge >= 0.3 is 0 Å². The summed E-state index contributed by atoms with van der Waals surface area (Å²) in [6, 6.07) is 10.4. The normalized spacial score (nSPS) is 14.8. The Morgan fingerprint density at radius 2 is 1.56 bits per heavy atom. The number of anilines is 1. The van der Waals surface area contributed by atoms with E-state index in [9.17, 15) is 0 Å². The highest BCUT2D eigenvalue weighted by Gasteiger charge is 2.13. The van der Waals surface area contributed by atoms with E-state index in [0.717, 1.165) is 24.3 Å². The van der Waals surface area contributed by atoms with E-state index in [4.69, 9.17) is 0 Å². The van der Waals surface area contributed by atoms with Crippen molar-refractivity contribution in [2.75, 3.05) is 11.9 Å². The second-order valence-electron chi connectivity index (χ2n) is 5.33.